The Morgan fingerprint density at radius 1 is 1.19 bits per heavy atom. The molecule has 0 atom stereocenters. The van der Waals surface area contributed by atoms with Gasteiger partial charge < -0.3 is 15.3 Å². The van der Waals surface area contributed by atoms with E-state index >= 15 is 0 Å². The lowest BCUT2D eigenvalue weighted by molar-refractivity contribution is 0.0697. The Bertz CT molecular complexity index is 823. The summed E-state index contributed by atoms with van der Waals surface area (Å²) < 4.78 is 0. The highest BCUT2D eigenvalue weighted by Crippen LogP contribution is 2.43. The largest absolute Gasteiger partial charge is 0.478 e. The molecule has 0 spiro atoms. The predicted octanol–water partition coefficient (Wildman–Crippen LogP) is 5.33. The molecule has 4 heteroatoms. The molecule has 3 rings (SSSR count). The minimum atomic E-state index is -0.906. The SMILES string of the molecule is Cc1cc2c(cc1Nc1ccc(C(=O)O)cc1)N(C(C)C)CCC2(C)C. The van der Waals surface area contributed by atoms with Gasteiger partial charge in [-0.05, 0) is 74.1 Å². The van der Waals surface area contributed by atoms with Crippen LogP contribution in [0.3, 0.4) is 0 Å². The molecule has 2 aromatic carbocycles. The molecule has 2 aromatic rings. The minimum absolute atomic E-state index is 0.174. The van der Waals surface area contributed by atoms with Gasteiger partial charge in [-0.3, -0.25) is 0 Å². The Kier molecular flexibility index (Phi) is 4.70. The summed E-state index contributed by atoms with van der Waals surface area (Å²) in [6.45, 7) is 12.3. The summed E-state index contributed by atoms with van der Waals surface area (Å²) in [6, 6.07) is 11.9. The number of hydrogen-bond acceptors (Lipinski definition) is 3. The van der Waals surface area contributed by atoms with E-state index in [0.29, 0.717) is 11.6 Å². The van der Waals surface area contributed by atoms with Gasteiger partial charge in [-0.25, -0.2) is 4.79 Å². The van der Waals surface area contributed by atoms with Crippen LogP contribution in [0.1, 0.15) is 55.6 Å². The summed E-state index contributed by atoms with van der Waals surface area (Å²) >= 11 is 0. The first-order valence-electron chi connectivity index (χ1n) is 9.21. The van der Waals surface area contributed by atoms with Gasteiger partial charge in [0.2, 0.25) is 0 Å². The molecular formula is C22H28N2O2. The Hall–Kier alpha value is -2.49. The Labute approximate surface area is 155 Å². The van der Waals surface area contributed by atoms with Crippen molar-refractivity contribution in [2.75, 3.05) is 16.8 Å². The van der Waals surface area contributed by atoms with Crippen molar-refractivity contribution in [3.8, 4) is 0 Å². The lowest BCUT2D eigenvalue weighted by Gasteiger charge is -2.43. The van der Waals surface area contributed by atoms with Crippen molar-refractivity contribution >= 4 is 23.0 Å². The molecule has 0 amide bonds. The lowest BCUT2D eigenvalue weighted by atomic mass is 9.76. The topological polar surface area (TPSA) is 52.6 Å². The number of aryl methyl sites for hydroxylation is 1. The maximum absolute atomic E-state index is 11.0. The van der Waals surface area contributed by atoms with E-state index < -0.39 is 5.97 Å². The average Bonchev–Trinajstić information content (AvgIpc) is 2.56. The van der Waals surface area contributed by atoms with Crippen molar-refractivity contribution in [2.45, 2.75) is 52.5 Å². The number of anilines is 3. The van der Waals surface area contributed by atoms with Crippen LogP contribution in [-0.4, -0.2) is 23.7 Å². The van der Waals surface area contributed by atoms with Gasteiger partial charge in [0, 0.05) is 29.6 Å². The molecule has 1 aliphatic rings. The van der Waals surface area contributed by atoms with E-state index in [1.54, 1.807) is 12.1 Å². The average molecular weight is 352 g/mol. The van der Waals surface area contributed by atoms with E-state index in [9.17, 15) is 4.79 Å². The smallest absolute Gasteiger partial charge is 0.335 e. The summed E-state index contributed by atoms with van der Waals surface area (Å²) in [5.74, 6) is -0.906. The van der Waals surface area contributed by atoms with Crippen molar-refractivity contribution in [3.63, 3.8) is 0 Å². The maximum Gasteiger partial charge on any atom is 0.335 e. The van der Waals surface area contributed by atoms with Crippen LogP contribution in [-0.2, 0) is 5.41 Å². The van der Waals surface area contributed by atoms with Gasteiger partial charge in [0.25, 0.3) is 0 Å². The summed E-state index contributed by atoms with van der Waals surface area (Å²) in [5.41, 5.74) is 6.33. The molecule has 138 valence electrons. The number of benzene rings is 2. The first kappa shape index (κ1) is 18.3. The zero-order chi connectivity index (χ0) is 19.1. The Morgan fingerprint density at radius 2 is 1.85 bits per heavy atom. The summed E-state index contributed by atoms with van der Waals surface area (Å²) in [4.78, 5) is 13.5. The number of carbonyl (C=O) groups is 1. The van der Waals surface area contributed by atoms with Crippen LogP contribution in [0.25, 0.3) is 0 Å². The zero-order valence-electron chi connectivity index (χ0n) is 16.3. The molecule has 0 aromatic heterocycles. The van der Waals surface area contributed by atoms with Gasteiger partial charge >= 0.3 is 5.97 Å². The van der Waals surface area contributed by atoms with E-state index in [1.165, 1.54) is 16.8 Å². The first-order valence-corrected chi connectivity index (χ1v) is 9.21. The van der Waals surface area contributed by atoms with Crippen LogP contribution in [0, 0.1) is 6.92 Å². The summed E-state index contributed by atoms with van der Waals surface area (Å²) in [7, 11) is 0. The number of carboxylic acids is 1. The van der Waals surface area contributed by atoms with E-state index in [4.69, 9.17) is 5.11 Å². The van der Waals surface area contributed by atoms with Crippen LogP contribution in [0.2, 0.25) is 0 Å². The van der Waals surface area contributed by atoms with Crippen LogP contribution < -0.4 is 10.2 Å². The number of fused-ring (bicyclic) bond motifs is 1. The fraction of sp³-hybridized carbons (Fsp3) is 0.409. The normalized spacial score (nSPS) is 15.7. The molecule has 0 unspecified atom stereocenters. The third-order valence-corrected chi connectivity index (χ3v) is 5.39. The number of aromatic carboxylic acids is 1. The molecule has 2 N–H and O–H groups in total. The molecule has 0 radical (unpaired) electrons. The van der Waals surface area contributed by atoms with Crippen molar-refractivity contribution in [1.82, 2.24) is 0 Å². The lowest BCUT2D eigenvalue weighted by Crippen LogP contribution is -2.41. The number of nitrogens with one attached hydrogen (secondary N) is 1. The summed E-state index contributed by atoms with van der Waals surface area (Å²) in [6.07, 6.45) is 1.15. The van der Waals surface area contributed by atoms with Gasteiger partial charge in [-0.2, -0.15) is 0 Å². The molecule has 4 nitrogen and oxygen atoms in total. The maximum atomic E-state index is 11.0. The molecule has 0 bridgehead atoms. The van der Waals surface area contributed by atoms with E-state index in [-0.39, 0.29) is 5.41 Å². The molecule has 0 saturated carbocycles. The molecular weight excluding hydrogens is 324 g/mol. The second kappa shape index (κ2) is 6.67. The van der Waals surface area contributed by atoms with Gasteiger partial charge in [0.05, 0.1) is 5.56 Å². The molecule has 0 aliphatic carbocycles. The van der Waals surface area contributed by atoms with Crippen molar-refractivity contribution in [1.29, 1.82) is 0 Å². The van der Waals surface area contributed by atoms with Crippen LogP contribution in [0.15, 0.2) is 36.4 Å². The zero-order valence-corrected chi connectivity index (χ0v) is 16.3. The second-order valence-corrected chi connectivity index (χ2v) is 8.11. The molecule has 26 heavy (non-hydrogen) atoms. The number of rotatable bonds is 4. The Balaban J connectivity index is 1.98. The number of hydrogen-bond donors (Lipinski definition) is 2. The fourth-order valence-electron chi connectivity index (χ4n) is 3.65. The third-order valence-electron chi connectivity index (χ3n) is 5.39. The third kappa shape index (κ3) is 3.41. The highest BCUT2D eigenvalue weighted by atomic mass is 16.4. The van der Waals surface area contributed by atoms with Crippen LogP contribution in [0.5, 0.6) is 0 Å². The van der Waals surface area contributed by atoms with Gasteiger partial charge in [0.1, 0.15) is 0 Å². The summed E-state index contributed by atoms with van der Waals surface area (Å²) in [5, 5.41) is 12.5. The number of nitrogens with zero attached hydrogens (tertiary/aromatic N) is 1. The van der Waals surface area contributed by atoms with Gasteiger partial charge in [0.15, 0.2) is 0 Å². The number of carboxylic acid groups (broad SMARTS) is 1. The first-order chi connectivity index (χ1) is 12.2. The van der Waals surface area contributed by atoms with Crippen molar-refractivity contribution in [3.05, 3.63) is 53.1 Å². The molecule has 1 aliphatic heterocycles. The molecule has 1 heterocycles. The van der Waals surface area contributed by atoms with Crippen molar-refractivity contribution < 1.29 is 9.90 Å². The quantitative estimate of drug-likeness (QED) is 0.780. The van der Waals surface area contributed by atoms with E-state index in [0.717, 1.165) is 24.3 Å². The highest BCUT2D eigenvalue weighted by molar-refractivity contribution is 5.88. The molecule has 0 fully saturated rings. The van der Waals surface area contributed by atoms with Gasteiger partial charge in [-0.1, -0.05) is 19.9 Å². The van der Waals surface area contributed by atoms with Crippen molar-refractivity contribution in [2.24, 2.45) is 0 Å². The van der Waals surface area contributed by atoms with E-state index in [1.807, 2.05) is 12.1 Å². The fourth-order valence-corrected chi connectivity index (χ4v) is 3.65. The van der Waals surface area contributed by atoms with Crippen LogP contribution >= 0.6 is 0 Å². The minimum Gasteiger partial charge on any atom is -0.478 e. The standard InChI is InChI=1S/C22H28N2O2/c1-14(2)24-11-10-22(4,5)18-12-15(3)19(13-20(18)24)23-17-8-6-16(7-9-17)21(25)26/h6-9,12-14,23H,10-11H2,1-5H3,(H,25,26). The van der Waals surface area contributed by atoms with E-state index in [2.05, 4.69) is 57.0 Å². The molecule has 0 saturated heterocycles. The van der Waals surface area contributed by atoms with Gasteiger partial charge in [-0.15, -0.1) is 0 Å². The Morgan fingerprint density at radius 3 is 2.42 bits per heavy atom. The monoisotopic (exact) mass is 352 g/mol. The van der Waals surface area contributed by atoms with Crippen LogP contribution in [0.4, 0.5) is 17.1 Å². The highest BCUT2D eigenvalue weighted by Gasteiger charge is 2.32. The predicted molar refractivity (Wildman–Crippen MR) is 108 cm³/mol. The second-order valence-electron chi connectivity index (χ2n) is 8.11.